The quantitative estimate of drug-likeness (QED) is 0.693. The first-order valence-corrected chi connectivity index (χ1v) is 5.85. The molecule has 0 aliphatic carbocycles. The van der Waals surface area contributed by atoms with Gasteiger partial charge in [0.05, 0.1) is 6.54 Å². The predicted molar refractivity (Wildman–Crippen MR) is 66.1 cm³/mol. The van der Waals surface area contributed by atoms with Gasteiger partial charge in [-0.2, -0.15) is 0 Å². The Balaban J connectivity index is 2.78. The number of rotatable bonds is 7. The molecule has 0 aliphatic rings. The van der Waals surface area contributed by atoms with Crippen molar-refractivity contribution in [3.05, 3.63) is 11.9 Å². The van der Waals surface area contributed by atoms with Crippen molar-refractivity contribution >= 4 is 11.6 Å². The van der Waals surface area contributed by atoms with Gasteiger partial charge in [0.15, 0.2) is 0 Å². The molecule has 1 aromatic heterocycles. The van der Waals surface area contributed by atoms with Gasteiger partial charge in [0.25, 0.3) is 5.92 Å². The molecule has 1 rings (SSSR count). The number of hydrogen-bond donors (Lipinski definition) is 3. The maximum absolute atomic E-state index is 12.9. The molecule has 0 saturated carbocycles. The van der Waals surface area contributed by atoms with Crippen LogP contribution < -0.4 is 10.6 Å². The lowest BCUT2D eigenvalue weighted by molar-refractivity contribution is -0.0373. The van der Waals surface area contributed by atoms with Crippen molar-refractivity contribution in [3.8, 4) is 0 Å². The largest absolute Gasteiger partial charge is 0.390 e. The fourth-order valence-electron chi connectivity index (χ4n) is 1.29. The second kappa shape index (κ2) is 6.44. The van der Waals surface area contributed by atoms with Crippen molar-refractivity contribution in [2.75, 3.05) is 30.3 Å². The summed E-state index contributed by atoms with van der Waals surface area (Å²) in [6.07, 6.45) is 0.615. The van der Waals surface area contributed by atoms with Crippen molar-refractivity contribution < 1.29 is 13.9 Å². The maximum Gasteiger partial charge on any atom is 0.287 e. The smallest absolute Gasteiger partial charge is 0.287 e. The zero-order valence-corrected chi connectivity index (χ0v) is 10.5. The molecule has 3 N–H and O–H groups in total. The molecule has 0 saturated heterocycles. The van der Waals surface area contributed by atoms with Gasteiger partial charge in [0.1, 0.15) is 24.1 Å². The first-order chi connectivity index (χ1) is 8.50. The van der Waals surface area contributed by atoms with Crippen LogP contribution in [-0.2, 0) is 6.42 Å². The van der Waals surface area contributed by atoms with E-state index >= 15 is 0 Å². The normalized spacial score (nSPS) is 11.4. The average Bonchev–Trinajstić information content (AvgIpc) is 2.37. The van der Waals surface area contributed by atoms with Gasteiger partial charge in [-0.05, 0) is 6.92 Å². The van der Waals surface area contributed by atoms with Crippen LogP contribution in [0.2, 0.25) is 0 Å². The fourth-order valence-corrected chi connectivity index (χ4v) is 1.29. The van der Waals surface area contributed by atoms with Crippen molar-refractivity contribution in [3.63, 3.8) is 0 Å². The molecule has 0 amide bonds. The lowest BCUT2D eigenvalue weighted by Crippen LogP contribution is -2.31. The van der Waals surface area contributed by atoms with Crippen LogP contribution in [0.25, 0.3) is 0 Å². The standard InChI is InChI=1S/C11H18F2N4O/c1-3-8-16-9(14-4-2)5-10(17-8)15-6-11(12,13)7-18/h5,18H,3-4,6-7H2,1-2H3,(H2,14,15,16,17). The summed E-state index contributed by atoms with van der Waals surface area (Å²) in [4.78, 5) is 8.30. The van der Waals surface area contributed by atoms with Crippen LogP contribution in [0, 0.1) is 0 Å². The van der Waals surface area contributed by atoms with Crippen LogP contribution in [0.15, 0.2) is 6.07 Å². The maximum atomic E-state index is 12.9. The Labute approximate surface area is 105 Å². The number of aliphatic hydroxyl groups is 1. The molecular weight excluding hydrogens is 242 g/mol. The minimum absolute atomic E-state index is 0.325. The summed E-state index contributed by atoms with van der Waals surface area (Å²) in [7, 11) is 0. The Morgan fingerprint density at radius 1 is 1.22 bits per heavy atom. The molecule has 0 bridgehead atoms. The van der Waals surface area contributed by atoms with E-state index in [1.165, 1.54) is 0 Å². The summed E-state index contributed by atoms with van der Waals surface area (Å²) < 4.78 is 25.8. The summed E-state index contributed by atoms with van der Waals surface area (Å²) in [6.45, 7) is 2.64. The van der Waals surface area contributed by atoms with Gasteiger partial charge in [-0.15, -0.1) is 0 Å². The number of nitrogens with one attached hydrogen (secondary N) is 2. The summed E-state index contributed by atoms with van der Waals surface area (Å²) in [5.41, 5.74) is 0. The molecule has 1 aromatic rings. The van der Waals surface area contributed by atoms with E-state index in [1.807, 2.05) is 13.8 Å². The highest BCUT2D eigenvalue weighted by molar-refractivity contribution is 5.47. The third kappa shape index (κ3) is 4.40. The van der Waals surface area contributed by atoms with Gasteiger partial charge in [0, 0.05) is 19.0 Å². The Hall–Kier alpha value is -1.50. The minimum Gasteiger partial charge on any atom is -0.390 e. The Morgan fingerprint density at radius 2 is 1.83 bits per heavy atom. The van der Waals surface area contributed by atoms with Crippen molar-refractivity contribution in [1.29, 1.82) is 0 Å². The first-order valence-electron chi connectivity index (χ1n) is 5.85. The first kappa shape index (κ1) is 14.6. The Morgan fingerprint density at radius 3 is 2.33 bits per heavy atom. The van der Waals surface area contributed by atoms with Gasteiger partial charge in [-0.25, -0.2) is 18.7 Å². The van der Waals surface area contributed by atoms with Crippen molar-refractivity contribution in [2.24, 2.45) is 0 Å². The molecule has 0 aliphatic heterocycles. The Bertz CT molecular complexity index is 387. The van der Waals surface area contributed by atoms with Crippen LogP contribution in [0.3, 0.4) is 0 Å². The predicted octanol–water partition coefficient (Wildman–Crippen LogP) is 1.51. The highest BCUT2D eigenvalue weighted by Gasteiger charge is 2.27. The van der Waals surface area contributed by atoms with E-state index in [0.29, 0.717) is 30.4 Å². The molecular formula is C11H18F2N4O. The third-order valence-corrected chi connectivity index (χ3v) is 2.21. The number of anilines is 2. The monoisotopic (exact) mass is 260 g/mol. The highest BCUT2D eigenvalue weighted by atomic mass is 19.3. The molecule has 0 spiro atoms. The molecule has 102 valence electrons. The van der Waals surface area contributed by atoms with E-state index in [4.69, 9.17) is 5.11 Å². The second-order valence-electron chi connectivity index (χ2n) is 3.81. The highest BCUT2D eigenvalue weighted by Crippen LogP contribution is 2.16. The van der Waals surface area contributed by atoms with E-state index < -0.39 is 19.1 Å². The second-order valence-corrected chi connectivity index (χ2v) is 3.81. The van der Waals surface area contributed by atoms with Crippen LogP contribution in [0.4, 0.5) is 20.4 Å². The van der Waals surface area contributed by atoms with Gasteiger partial charge < -0.3 is 15.7 Å². The van der Waals surface area contributed by atoms with E-state index in [-0.39, 0.29) is 0 Å². The van der Waals surface area contributed by atoms with Crippen LogP contribution in [0.1, 0.15) is 19.7 Å². The third-order valence-electron chi connectivity index (χ3n) is 2.21. The summed E-state index contributed by atoms with van der Waals surface area (Å²) >= 11 is 0. The van der Waals surface area contributed by atoms with Crippen LogP contribution in [0.5, 0.6) is 0 Å². The average molecular weight is 260 g/mol. The fraction of sp³-hybridized carbons (Fsp3) is 0.636. The lowest BCUT2D eigenvalue weighted by Gasteiger charge is -2.15. The Kier molecular flexibility index (Phi) is 5.21. The molecule has 0 atom stereocenters. The molecule has 1 heterocycles. The van der Waals surface area contributed by atoms with E-state index in [2.05, 4.69) is 20.6 Å². The lowest BCUT2D eigenvalue weighted by atomic mass is 10.3. The topological polar surface area (TPSA) is 70.1 Å². The van der Waals surface area contributed by atoms with Gasteiger partial charge >= 0.3 is 0 Å². The molecule has 18 heavy (non-hydrogen) atoms. The summed E-state index contributed by atoms with van der Waals surface area (Å²) in [6, 6.07) is 1.57. The number of aromatic nitrogens is 2. The molecule has 0 fully saturated rings. The number of alkyl halides is 2. The summed E-state index contributed by atoms with van der Waals surface area (Å²) in [5, 5.41) is 14.0. The number of aliphatic hydroxyl groups excluding tert-OH is 1. The van der Waals surface area contributed by atoms with Gasteiger partial charge in [-0.1, -0.05) is 6.92 Å². The number of halogens is 2. The van der Waals surface area contributed by atoms with Crippen LogP contribution >= 0.6 is 0 Å². The van der Waals surface area contributed by atoms with E-state index in [0.717, 1.165) is 0 Å². The number of hydrogen-bond acceptors (Lipinski definition) is 5. The molecule has 0 unspecified atom stereocenters. The van der Waals surface area contributed by atoms with E-state index in [9.17, 15) is 8.78 Å². The molecule has 0 aromatic carbocycles. The van der Waals surface area contributed by atoms with E-state index in [1.54, 1.807) is 6.07 Å². The number of nitrogens with zero attached hydrogens (tertiary/aromatic N) is 2. The minimum atomic E-state index is -3.16. The molecule has 7 heteroatoms. The zero-order chi connectivity index (χ0) is 13.6. The van der Waals surface area contributed by atoms with Crippen molar-refractivity contribution in [1.82, 2.24) is 9.97 Å². The SMILES string of the molecule is CCNc1cc(NCC(F)(F)CO)nc(CC)n1. The zero-order valence-electron chi connectivity index (χ0n) is 10.5. The molecule has 5 nitrogen and oxygen atoms in total. The van der Waals surface area contributed by atoms with Gasteiger partial charge in [0.2, 0.25) is 0 Å². The van der Waals surface area contributed by atoms with Crippen LogP contribution in [-0.4, -0.2) is 40.7 Å². The van der Waals surface area contributed by atoms with Gasteiger partial charge in [-0.3, -0.25) is 0 Å². The molecule has 0 radical (unpaired) electrons. The number of aryl methyl sites for hydroxylation is 1. The van der Waals surface area contributed by atoms with Crippen molar-refractivity contribution in [2.45, 2.75) is 26.2 Å². The summed E-state index contributed by atoms with van der Waals surface area (Å²) in [5.74, 6) is -1.66.